The van der Waals surface area contributed by atoms with Crippen LogP contribution in [0.4, 0.5) is 0 Å². The van der Waals surface area contributed by atoms with E-state index < -0.39 is 0 Å². The van der Waals surface area contributed by atoms with Crippen LogP contribution in [0.3, 0.4) is 0 Å². The number of ether oxygens (including phenoxy) is 2. The number of hydrogen-bond acceptors (Lipinski definition) is 4. The van der Waals surface area contributed by atoms with Crippen LogP contribution in [0, 0.1) is 5.92 Å². The summed E-state index contributed by atoms with van der Waals surface area (Å²) >= 11 is 0. The number of nitrogens with one attached hydrogen (secondary N) is 1. The van der Waals surface area contributed by atoms with Crippen LogP contribution in [0.25, 0.3) is 10.8 Å². The van der Waals surface area contributed by atoms with Crippen molar-refractivity contribution in [2.75, 3.05) is 26.9 Å². The lowest BCUT2D eigenvalue weighted by molar-refractivity contribution is 0.144. The predicted molar refractivity (Wildman–Crippen MR) is 85.7 cm³/mol. The summed E-state index contributed by atoms with van der Waals surface area (Å²) < 4.78 is 10.8. The van der Waals surface area contributed by atoms with Crippen molar-refractivity contribution in [1.82, 2.24) is 10.3 Å². The fourth-order valence-corrected chi connectivity index (χ4v) is 2.13. The highest BCUT2D eigenvalue weighted by atomic mass is 16.5. The van der Waals surface area contributed by atoms with Crippen LogP contribution < -0.4 is 10.1 Å². The zero-order valence-corrected chi connectivity index (χ0v) is 13.1. The summed E-state index contributed by atoms with van der Waals surface area (Å²) in [7, 11) is 1.67. The maximum atomic E-state index is 5.76. The highest BCUT2D eigenvalue weighted by molar-refractivity contribution is 5.87. The zero-order chi connectivity index (χ0) is 15.1. The molecule has 0 saturated carbocycles. The van der Waals surface area contributed by atoms with Crippen LogP contribution in [0.5, 0.6) is 5.88 Å². The molecule has 0 saturated heterocycles. The van der Waals surface area contributed by atoms with Gasteiger partial charge in [0.25, 0.3) is 0 Å². The third kappa shape index (κ3) is 4.69. The summed E-state index contributed by atoms with van der Waals surface area (Å²) in [5.74, 6) is 1.31. The lowest BCUT2D eigenvalue weighted by atomic mass is 10.1. The SMILES string of the molecule is COCCOc1nc(CNCC(C)C)cc2ccccc12. The quantitative estimate of drug-likeness (QED) is 0.758. The van der Waals surface area contributed by atoms with E-state index in [0.29, 0.717) is 25.0 Å². The van der Waals surface area contributed by atoms with E-state index in [2.05, 4.69) is 36.3 Å². The lowest BCUT2D eigenvalue weighted by Gasteiger charge is -2.12. The average molecular weight is 288 g/mol. The average Bonchev–Trinajstić information content (AvgIpc) is 2.47. The lowest BCUT2D eigenvalue weighted by Crippen LogP contribution is -2.19. The van der Waals surface area contributed by atoms with Crippen LogP contribution in [0.15, 0.2) is 30.3 Å². The summed E-state index contributed by atoms with van der Waals surface area (Å²) in [5.41, 5.74) is 1.00. The second-order valence-corrected chi connectivity index (χ2v) is 5.51. The molecule has 1 N–H and O–H groups in total. The Morgan fingerprint density at radius 1 is 1.19 bits per heavy atom. The van der Waals surface area contributed by atoms with Crippen molar-refractivity contribution in [1.29, 1.82) is 0 Å². The van der Waals surface area contributed by atoms with Crippen LogP contribution in [-0.2, 0) is 11.3 Å². The first-order chi connectivity index (χ1) is 10.2. The number of benzene rings is 1. The maximum Gasteiger partial charge on any atom is 0.221 e. The molecule has 1 aromatic heterocycles. The van der Waals surface area contributed by atoms with Gasteiger partial charge in [0.15, 0.2) is 0 Å². The van der Waals surface area contributed by atoms with E-state index in [9.17, 15) is 0 Å². The maximum absolute atomic E-state index is 5.76. The Bertz CT molecular complexity index is 570. The molecule has 4 heteroatoms. The number of pyridine rings is 1. The third-order valence-electron chi connectivity index (χ3n) is 3.14. The van der Waals surface area contributed by atoms with Crippen LogP contribution in [-0.4, -0.2) is 31.9 Å². The number of fused-ring (bicyclic) bond motifs is 1. The van der Waals surface area contributed by atoms with Crippen molar-refractivity contribution in [3.8, 4) is 5.88 Å². The number of rotatable bonds is 8. The zero-order valence-electron chi connectivity index (χ0n) is 13.1. The van der Waals surface area contributed by atoms with Gasteiger partial charge in [0.1, 0.15) is 6.61 Å². The minimum absolute atomic E-state index is 0.510. The molecule has 4 nitrogen and oxygen atoms in total. The largest absolute Gasteiger partial charge is 0.475 e. The van der Waals surface area contributed by atoms with Gasteiger partial charge < -0.3 is 14.8 Å². The van der Waals surface area contributed by atoms with E-state index in [1.54, 1.807) is 7.11 Å². The Kier molecular flexibility index (Phi) is 5.96. The minimum atomic E-state index is 0.510. The van der Waals surface area contributed by atoms with Crippen molar-refractivity contribution in [2.24, 2.45) is 5.92 Å². The van der Waals surface area contributed by atoms with Gasteiger partial charge in [0.2, 0.25) is 5.88 Å². The van der Waals surface area contributed by atoms with Gasteiger partial charge in [0.05, 0.1) is 12.3 Å². The molecule has 0 fully saturated rings. The highest BCUT2D eigenvalue weighted by Gasteiger charge is 2.07. The molecule has 0 bridgehead atoms. The monoisotopic (exact) mass is 288 g/mol. The first kappa shape index (κ1) is 15.7. The fraction of sp³-hybridized carbons (Fsp3) is 0.471. The number of hydrogen-bond donors (Lipinski definition) is 1. The summed E-state index contributed by atoms with van der Waals surface area (Å²) in [5, 5.41) is 5.61. The van der Waals surface area contributed by atoms with Crippen molar-refractivity contribution >= 4 is 10.8 Å². The molecule has 0 atom stereocenters. The summed E-state index contributed by atoms with van der Waals surface area (Å²) in [6.07, 6.45) is 0. The molecule has 0 aliphatic rings. The van der Waals surface area contributed by atoms with Crippen molar-refractivity contribution in [2.45, 2.75) is 20.4 Å². The second-order valence-electron chi connectivity index (χ2n) is 5.51. The van der Waals surface area contributed by atoms with E-state index in [4.69, 9.17) is 9.47 Å². The molecule has 21 heavy (non-hydrogen) atoms. The molecule has 1 heterocycles. The smallest absolute Gasteiger partial charge is 0.221 e. The molecule has 0 amide bonds. The van der Waals surface area contributed by atoms with E-state index >= 15 is 0 Å². The first-order valence-electron chi connectivity index (χ1n) is 7.42. The van der Waals surface area contributed by atoms with E-state index in [0.717, 1.165) is 29.6 Å². The second kappa shape index (κ2) is 7.96. The molecule has 0 unspecified atom stereocenters. The minimum Gasteiger partial charge on any atom is -0.475 e. The summed E-state index contributed by atoms with van der Waals surface area (Å²) in [6, 6.07) is 10.3. The molecular formula is C17H24N2O2. The van der Waals surface area contributed by atoms with Gasteiger partial charge in [-0.3, -0.25) is 0 Å². The molecular weight excluding hydrogens is 264 g/mol. The molecule has 2 rings (SSSR count). The molecule has 114 valence electrons. The topological polar surface area (TPSA) is 43.4 Å². The Labute approximate surface area is 126 Å². The number of nitrogens with zero attached hydrogens (tertiary/aromatic N) is 1. The third-order valence-corrected chi connectivity index (χ3v) is 3.14. The fourth-order valence-electron chi connectivity index (χ4n) is 2.13. The predicted octanol–water partition coefficient (Wildman–Crippen LogP) is 3.01. The molecule has 0 spiro atoms. The van der Waals surface area contributed by atoms with Gasteiger partial charge in [-0.05, 0) is 30.0 Å². The molecule has 1 aromatic carbocycles. The van der Waals surface area contributed by atoms with Crippen LogP contribution in [0.1, 0.15) is 19.5 Å². The van der Waals surface area contributed by atoms with Crippen molar-refractivity contribution in [3.63, 3.8) is 0 Å². The number of aromatic nitrogens is 1. The van der Waals surface area contributed by atoms with E-state index in [-0.39, 0.29) is 0 Å². The number of methoxy groups -OCH3 is 1. The first-order valence-corrected chi connectivity index (χ1v) is 7.42. The van der Waals surface area contributed by atoms with E-state index in [1.165, 1.54) is 0 Å². The van der Waals surface area contributed by atoms with Gasteiger partial charge in [-0.25, -0.2) is 4.98 Å². The summed E-state index contributed by atoms with van der Waals surface area (Å²) in [4.78, 5) is 4.63. The van der Waals surface area contributed by atoms with Gasteiger partial charge in [-0.2, -0.15) is 0 Å². The molecule has 2 aromatic rings. The van der Waals surface area contributed by atoms with Gasteiger partial charge in [0, 0.05) is 19.0 Å². The normalized spacial score (nSPS) is 11.2. The molecule has 0 radical (unpaired) electrons. The van der Waals surface area contributed by atoms with Gasteiger partial charge in [-0.1, -0.05) is 32.0 Å². The van der Waals surface area contributed by atoms with Gasteiger partial charge >= 0.3 is 0 Å². The standard InChI is InChI=1S/C17H24N2O2/c1-13(2)11-18-12-15-10-14-6-4-5-7-16(14)17(19-15)21-9-8-20-3/h4-7,10,13,18H,8-9,11-12H2,1-3H3. The van der Waals surface area contributed by atoms with Crippen LogP contribution in [0.2, 0.25) is 0 Å². The Hall–Kier alpha value is -1.65. The van der Waals surface area contributed by atoms with Crippen LogP contribution >= 0.6 is 0 Å². The molecule has 0 aliphatic carbocycles. The van der Waals surface area contributed by atoms with Crippen molar-refractivity contribution in [3.05, 3.63) is 36.0 Å². The van der Waals surface area contributed by atoms with Gasteiger partial charge in [-0.15, -0.1) is 0 Å². The van der Waals surface area contributed by atoms with Crippen molar-refractivity contribution < 1.29 is 9.47 Å². The highest BCUT2D eigenvalue weighted by Crippen LogP contribution is 2.24. The Morgan fingerprint density at radius 2 is 2.00 bits per heavy atom. The summed E-state index contributed by atoms with van der Waals surface area (Å²) in [6.45, 7) is 7.19. The Balaban J connectivity index is 2.17. The Morgan fingerprint density at radius 3 is 2.76 bits per heavy atom. The van der Waals surface area contributed by atoms with E-state index in [1.807, 2.05) is 18.2 Å². The molecule has 0 aliphatic heterocycles.